The van der Waals surface area contributed by atoms with Gasteiger partial charge in [0.05, 0.1) is 5.56 Å². The molecule has 11 heteroatoms. The lowest BCUT2D eigenvalue weighted by atomic mass is 10.2. The minimum Gasteiger partial charge on any atom is -0.368 e. The lowest BCUT2D eigenvalue weighted by Crippen LogP contribution is -2.50. The zero-order valence-corrected chi connectivity index (χ0v) is 22.9. The van der Waals surface area contributed by atoms with E-state index in [1.165, 1.54) is 12.1 Å². The van der Waals surface area contributed by atoms with Crippen LogP contribution in [0.5, 0.6) is 0 Å². The average molecular weight is 580 g/mol. The molecule has 1 saturated heterocycles. The van der Waals surface area contributed by atoms with Gasteiger partial charge in [-0.25, -0.2) is 4.79 Å². The number of nitrogens with zero attached hydrogens (tertiary/aromatic N) is 3. The zero-order valence-electron chi connectivity index (χ0n) is 22.9. The molecule has 1 saturated carbocycles. The summed E-state index contributed by atoms with van der Waals surface area (Å²) in [5.74, 6) is -0.256. The largest absolute Gasteiger partial charge is 0.416 e. The Morgan fingerprint density at radius 3 is 2.14 bits per heavy atom. The first-order valence-corrected chi connectivity index (χ1v) is 13.9. The van der Waals surface area contributed by atoms with E-state index in [0.717, 1.165) is 36.2 Å². The van der Waals surface area contributed by atoms with Gasteiger partial charge in [-0.2, -0.15) is 13.2 Å². The number of carbonyl (C=O) groups excluding carboxylic acids is 3. The van der Waals surface area contributed by atoms with Gasteiger partial charge in [-0.15, -0.1) is 0 Å². The Labute approximate surface area is 242 Å². The first-order chi connectivity index (χ1) is 20.2. The van der Waals surface area contributed by atoms with E-state index < -0.39 is 17.8 Å². The molecule has 0 unspecified atom stereocenters. The smallest absolute Gasteiger partial charge is 0.368 e. The summed E-state index contributed by atoms with van der Waals surface area (Å²) in [5.41, 5.74) is 1.77. The molecule has 0 spiro atoms. The molecular formula is C31H32F3N5O3. The maximum absolute atomic E-state index is 13.0. The number of rotatable bonds is 8. The van der Waals surface area contributed by atoms with Crippen molar-refractivity contribution in [2.45, 2.75) is 25.6 Å². The van der Waals surface area contributed by atoms with Crippen LogP contribution in [-0.2, 0) is 22.3 Å². The van der Waals surface area contributed by atoms with E-state index in [2.05, 4.69) is 15.5 Å². The zero-order chi connectivity index (χ0) is 29.7. The number of urea groups is 1. The van der Waals surface area contributed by atoms with Crippen molar-refractivity contribution >= 4 is 34.9 Å². The summed E-state index contributed by atoms with van der Waals surface area (Å²) in [6, 6.07) is 21.1. The Balaban J connectivity index is 1.11. The third-order valence-electron chi connectivity index (χ3n) is 7.31. The van der Waals surface area contributed by atoms with Crippen molar-refractivity contribution in [3.63, 3.8) is 0 Å². The van der Waals surface area contributed by atoms with Gasteiger partial charge in [0, 0.05) is 55.7 Å². The molecule has 1 aliphatic heterocycles. The number of piperazine rings is 1. The number of carbonyl (C=O) groups is 3. The Morgan fingerprint density at radius 1 is 0.810 bits per heavy atom. The van der Waals surface area contributed by atoms with Crippen LogP contribution in [0.4, 0.5) is 35.0 Å². The summed E-state index contributed by atoms with van der Waals surface area (Å²) in [6.45, 7) is 2.23. The van der Waals surface area contributed by atoms with Gasteiger partial charge in [0.2, 0.25) is 11.8 Å². The Hall–Kier alpha value is -4.54. The molecule has 3 aromatic rings. The molecule has 3 aromatic carbocycles. The summed E-state index contributed by atoms with van der Waals surface area (Å²) >= 11 is 0. The molecule has 2 N–H and O–H groups in total. The standard InChI is InChI=1S/C31H32F3N5O3/c32-31(33,34)24-7-4-8-26(19-24)36-30(42)38-17-15-37(16-18-38)27-13-11-25(12-14-27)35-28(40)21-39(29(41)23-9-10-23)20-22-5-2-1-3-6-22/h1-8,11-14,19,23H,9-10,15-18,20-21H2,(H,35,40)(H,36,42). The van der Waals surface area contributed by atoms with Gasteiger partial charge in [-0.1, -0.05) is 36.4 Å². The van der Waals surface area contributed by atoms with E-state index in [0.29, 0.717) is 38.4 Å². The maximum atomic E-state index is 13.0. The van der Waals surface area contributed by atoms with Crippen molar-refractivity contribution in [2.75, 3.05) is 48.3 Å². The second-order valence-electron chi connectivity index (χ2n) is 10.5. The number of hydrogen-bond acceptors (Lipinski definition) is 4. The molecule has 0 radical (unpaired) electrons. The van der Waals surface area contributed by atoms with Crippen molar-refractivity contribution in [1.29, 1.82) is 0 Å². The number of nitrogens with one attached hydrogen (secondary N) is 2. The molecule has 5 rings (SSSR count). The number of hydrogen-bond donors (Lipinski definition) is 2. The van der Waals surface area contributed by atoms with E-state index in [9.17, 15) is 27.6 Å². The van der Waals surface area contributed by atoms with Gasteiger partial charge in [-0.3, -0.25) is 9.59 Å². The number of anilines is 3. The van der Waals surface area contributed by atoms with Crippen LogP contribution in [0.15, 0.2) is 78.9 Å². The fourth-order valence-corrected chi connectivity index (χ4v) is 4.88. The summed E-state index contributed by atoms with van der Waals surface area (Å²) in [6.07, 6.45) is -2.76. The van der Waals surface area contributed by atoms with Gasteiger partial charge in [0.25, 0.3) is 0 Å². The normalized spacial score (nSPS) is 15.2. The third-order valence-corrected chi connectivity index (χ3v) is 7.31. The lowest BCUT2D eigenvalue weighted by Gasteiger charge is -2.36. The first-order valence-electron chi connectivity index (χ1n) is 13.9. The van der Waals surface area contributed by atoms with Crippen LogP contribution in [0, 0.1) is 5.92 Å². The predicted octanol–water partition coefficient (Wildman–Crippen LogP) is 5.44. The number of benzene rings is 3. The monoisotopic (exact) mass is 579 g/mol. The van der Waals surface area contributed by atoms with E-state index in [1.807, 2.05) is 42.5 Å². The van der Waals surface area contributed by atoms with Crippen molar-refractivity contribution in [1.82, 2.24) is 9.80 Å². The molecule has 8 nitrogen and oxygen atoms in total. The summed E-state index contributed by atoms with van der Waals surface area (Å²) in [7, 11) is 0. The molecule has 2 aliphatic rings. The van der Waals surface area contributed by atoms with Crippen LogP contribution in [0.2, 0.25) is 0 Å². The minimum absolute atomic E-state index is 0.00648. The molecular weight excluding hydrogens is 547 g/mol. The summed E-state index contributed by atoms with van der Waals surface area (Å²) < 4.78 is 38.9. The Morgan fingerprint density at radius 2 is 1.50 bits per heavy atom. The van der Waals surface area contributed by atoms with Crippen LogP contribution >= 0.6 is 0 Å². The molecule has 220 valence electrons. The van der Waals surface area contributed by atoms with Crippen LogP contribution in [0.1, 0.15) is 24.0 Å². The SMILES string of the molecule is O=C(CN(Cc1ccccc1)C(=O)C1CC1)Nc1ccc(N2CCN(C(=O)Nc3cccc(C(F)(F)F)c3)CC2)cc1. The van der Waals surface area contributed by atoms with E-state index >= 15 is 0 Å². The number of amides is 4. The second-order valence-corrected chi connectivity index (χ2v) is 10.5. The van der Waals surface area contributed by atoms with Gasteiger partial charge >= 0.3 is 12.2 Å². The van der Waals surface area contributed by atoms with E-state index in [4.69, 9.17) is 0 Å². The molecule has 4 amide bonds. The molecule has 42 heavy (non-hydrogen) atoms. The molecule has 0 bridgehead atoms. The topological polar surface area (TPSA) is 85.0 Å². The van der Waals surface area contributed by atoms with Crippen LogP contribution < -0.4 is 15.5 Å². The quantitative estimate of drug-likeness (QED) is 0.373. The molecule has 0 atom stereocenters. The highest BCUT2D eigenvalue weighted by atomic mass is 19.4. The highest BCUT2D eigenvalue weighted by Gasteiger charge is 2.34. The van der Waals surface area contributed by atoms with Crippen LogP contribution in [0.25, 0.3) is 0 Å². The van der Waals surface area contributed by atoms with Gasteiger partial charge < -0.3 is 25.3 Å². The summed E-state index contributed by atoms with van der Waals surface area (Å²) in [4.78, 5) is 43.5. The highest BCUT2D eigenvalue weighted by molar-refractivity contribution is 5.95. The van der Waals surface area contributed by atoms with Crippen molar-refractivity contribution in [3.05, 3.63) is 90.0 Å². The average Bonchev–Trinajstić information content (AvgIpc) is 3.83. The summed E-state index contributed by atoms with van der Waals surface area (Å²) in [5, 5.41) is 5.43. The van der Waals surface area contributed by atoms with Gasteiger partial charge in [-0.05, 0) is 60.9 Å². The van der Waals surface area contributed by atoms with Gasteiger partial charge in [0.15, 0.2) is 0 Å². The lowest BCUT2D eigenvalue weighted by molar-refractivity contribution is -0.137. The van der Waals surface area contributed by atoms with Crippen LogP contribution in [-0.4, -0.2) is 60.4 Å². The fourth-order valence-electron chi connectivity index (χ4n) is 4.88. The first kappa shape index (κ1) is 29.0. The minimum atomic E-state index is -4.48. The molecule has 0 aromatic heterocycles. The maximum Gasteiger partial charge on any atom is 0.416 e. The fraction of sp³-hybridized carbons (Fsp3) is 0.323. The highest BCUT2D eigenvalue weighted by Crippen LogP contribution is 2.32. The van der Waals surface area contributed by atoms with Gasteiger partial charge in [0.1, 0.15) is 6.54 Å². The number of halogens is 3. The third kappa shape index (κ3) is 7.59. The van der Waals surface area contributed by atoms with Crippen molar-refractivity contribution < 1.29 is 27.6 Å². The Kier molecular flexibility index (Phi) is 8.65. The van der Waals surface area contributed by atoms with Crippen molar-refractivity contribution in [3.8, 4) is 0 Å². The second kappa shape index (κ2) is 12.5. The van der Waals surface area contributed by atoms with Crippen LogP contribution in [0.3, 0.4) is 0 Å². The van der Waals surface area contributed by atoms with Crippen molar-refractivity contribution in [2.24, 2.45) is 5.92 Å². The van der Waals surface area contributed by atoms with E-state index in [1.54, 1.807) is 21.9 Å². The Bertz CT molecular complexity index is 1400. The molecule has 1 aliphatic carbocycles. The molecule has 2 fully saturated rings. The van der Waals surface area contributed by atoms with E-state index in [-0.39, 0.29) is 30.0 Å². The predicted molar refractivity (Wildman–Crippen MR) is 154 cm³/mol. The number of alkyl halides is 3. The molecule has 1 heterocycles.